The summed E-state index contributed by atoms with van der Waals surface area (Å²) in [6, 6.07) is 10.4. The lowest BCUT2D eigenvalue weighted by Crippen LogP contribution is -3.14. The fourth-order valence-electron chi connectivity index (χ4n) is 4.26. The van der Waals surface area contributed by atoms with Gasteiger partial charge in [-0.25, -0.2) is 9.69 Å². The Morgan fingerprint density at radius 3 is 2.48 bits per heavy atom. The van der Waals surface area contributed by atoms with Gasteiger partial charge in [-0.05, 0) is 56.4 Å². The lowest BCUT2D eigenvalue weighted by Gasteiger charge is -2.31. The molecule has 5 nitrogen and oxygen atoms in total. The smallest absolute Gasteiger partial charge is 0.323 e. The standard InChI is InChI=1S/C22H33N3O2/c1-17(2)9-12-22(3)20(26)25(21(27)23-22)16-24-13-10-19(11-14-24)15-18-7-5-4-6-8-18/h4-8,17,19H,9-16H2,1-3H3,(H,23,27)/p+1/t22-/m1/s1. The minimum absolute atomic E-state index is 0.0490. The predicted octanol–water partition coefficient (Wildman–Crippen LogP) is 2.23. The number of rotatable bonds is 7. The lowest BCUT2D eigenvalue weighted by atomic mass is 9.90. The second-order valence-corrected chi connectivity index (χ2v) is 8.97. The fourth-order valence-corrected chi connectivity index (χ4v) is 4.26. The second kappa shape index (κ2) is 8.42. The van der Waals surface area contributed by atoms with Crippen molar-refractivity contribution in [2.75, 3.05) is 19.8 Å². The van der Waals surface area contributed by atoms with Crippen LogP contribution in [0.25, 0.3) is 0 Å². The monoisotopic (exact) mass is 372 g/mol. The highest BCUT2D eigenvalue weighted by Crippen LogP contribution is 2.24. The summed E-state index contributed by atoms with van der Waals surface area (Å²) in [5.41, 5.74) is 0.674. The van der Waals surface area contributed by atoms with E-state index in [2.05, 4.69) is 49.5 Å². The first-order chi connectivity index (χ1) is 12.9. The van der Waals surface area contributed by atoms with Crippen LogP contribution in [0.5, 0.6) is 0 Å². The molecule has 5 heteroatoms. The molecule has 0 aliphatic carbocycles. The van der Waals surface area contributed by atoms with E-state index >= 15 is 0 Å². The molecule has 2 aliphatic rings. The normalized spacial score (nSPS) is 28.7. The Kier molecular flexibility index (Phi) is 6.20. The first-order valence-electron chi connectivity index (χ1n) is 10.4. The van der Waals surface area contributed by atoms with E-state index in [0.717, 1.165) is 38.8 Å². The number of benzene rings is 1. The summed E-state index contributed by atoms with van der Waals surface area (Å²) in [7, 11) is 0. The SMILES string of the molecule is CC(C)CC[C@@]1(C)NC(=O)N(C[NH+]2CCC(Cc3ccccc3)CC2)C1=O. The van der Waals surface area contributed by atoms with Crippen molar-refractivity contribution in [1.82, 2.24) is 10.2 Å². The molecular formula is C22H34N3O2+. The van der Waals surface area contributed by atoms with Crippen molar-refractivity contribution in [3.63, 3.8) is 0 Å². The average Bonchev–Trinajstić information content (AvgIpc) is 2.86. The molecule has 2 N–H and O–H groups in total. The molecule has 148 valence electrons. The summed E-state index contributed by atoms with van der Waals surface area (Å²) in [4.78, 5) is 28.1. The van der Waals surface area contributed by atoms with Gasteiger partial charge in [-0.1, -0.05) is 44.2 Å². The Bertz CT molecular complexity index is 653. The van der Waals surface area contributed by atoms with Crippen molar-refractivity contribution in [2.45, 2.75) is 58.4 Å². The summed E-state index contributed by atoms with van der Waals surface area (Å²) in [5, 5.41) is 2.94. The van der Waals surface area contributed by atoms with Crippen LogP contribution in [0.15, 0.2) is 30.3 Å². The summed E-state index contributed by atoms with van der Waals surface area (Å²) in [5.74, 6) is 1.18. The van der Waals surface area contributed by atoms with Crippen LogP contribution in [0.2, 0.25) is 0 Å². The highest BCUT2D eigenvalue weighted by molar-refractivity contribution is 6.06. The van der Waals surface area contributed by atoms with E-state index in [9.17, 15) is 9.59 Å². The van der Waals surface area contributed by atoms with Crippen molar-refractivity contribution in [2.24, 2.45) is 11.8 Å². The molecule has 0 radical (unpaired) electrons. The molecule has 0 saturated carbocycles. The largest absolute Gasteiger partial charge is 0.329 e. The third-order valence-electron chi connectivity index (χ3n) is 6.13. The third-order valence-corrected chi connectivity index (χ3v) is 6.13. The van der Waals surface area contributed by atoms with Gasteiger partial charge in [-0.3, -0.25) is 4.79 Å². The van der Waals surface area contributed by atoms with E-state index in [1.165, 1.54) is 15.4 Å². The Hall–Kier alpha value is -1.88. The molecule has 2 saturated heterocycles. The molecule has 3 rings (SSSR count). The average molecular weight is 373 g/mol. The van der Waals surface area contributed by atoms with Crippen LogP contribution in [-0.4, -0.2) is 42.1 Å². The number of nitrogens with one attached hydrogen (secondary N) is 2. The minimum atomic E-state index is -0.730. The maximum absolute atomic E-state index is 12.9. The fraction of sp³-hybridized carbons (Fsp3) is 0.636. The maximum atomic E-state index is 12.9. The van der Waals surface area contributed by atoms with E-state index in [0.29, 0.717) is 24.9 Å². The second-order valence-electron chi connectivity index (χ2n) is 8.97. The quantitative estimate of drug-likeness (QED) is 0.721. The maximum Gasteiger partial charge on any atom is 0.329 e. The Morgan fingerprint density at radius 1 is 1.19 bits per heavy atom. The summed E-state index contributed by atoms with van der Waals surface area (Å²) in [6.45, 7) is 8.71. The van der Waals surface area contributed by atoms with Crippen LogP contribution in [0, 0.1) is 11.8 Å². The van der Waals surface area contributed by atoms with Crippen molar-refractivity contribution >= 4 is 11.9 Å². The Labute approximate surface area is 163 Å². The number of amides is 3. The molecule has 2 fully saturated rings. The number of carbonyl (C=O) groups is 2. The van der Waals surface area contributed by atoms with Gasteiger partial charge in [0.05, 0.1) is 13.1 Å². The number of likely N-dealkylation sites (tertiary alicyclic amines) is 1. The molecule has 0 bridgehead atoms. The zero-order chi connectivity index (χ0) is 19.4. The van der Waals surface area contributed by atoms with Gasteiger partial charge in [0.2, 0.25) is 0 Å². The van der Waals surface area contributed by atoms with Gasteiger partial charge in [0.1, 0.15) is 5.54 Å². The van der Waals surface area contributed by atoms with Gasteiger partial charge in [0.25, 0.3) is 5.91 Å². The molecule has 2 heterocycles. The third kappa shape index (κ3) is 4.89. The molecule has 1 aromatic carbocycles. The minimum Gasteiger partial charge on any atom is -0.323 e. The zero-order valence-corrected chi connectivity index (χ0v) is 17.0. The highest BCUT2D eigenvalue weighted by Gasteiger charge is 2.48. The Morgan fingerprint density at radius 2 is 1.85 bits per heavy atom. The van der Waals surface area contributed by atoms with Gasteiger partial charge in [-0.15, -0.1) is 0 Å². The number of piperidine rings is 1. The molecule has 0 spiro atoms. The number of hydrogen-bond acceptors (Lipinski definition) is 2. The van der Waals surface area contributed by atoms with Gasteiger partial charge < -0.3 is 10.2 Å². The van der Waals surface area contributed by atoms with E-state index in [4.69, 9.17) is 0 Å². The van der Waals surface area contributed by atoms with Gasteiger partial charge in [0, 0.05) is 0 Å². The first kappa shape index (κ1) is 19.9. The van der Waals surface area contributed by atoms with Crippen molar-refractivity contribution < 1.29 is 14.5 Å². The van der Waals surface area contributed by atoms with Gasteiger partial charge >= 0.3 is 6.03 Å². The number of hydrogen-bond donors (Lipinski definition) is 2. The van der Waals surface area contributed by atoms with Gasteiger partial charge in [0.15, 0.2) is 6.67 Å². The van der Waals surface area contributed by atoms with Crippen LogP contribution in [0.1, 0.15) is 52.0 Å². The van der Waals surface area contributed by atoms with E-state index in [1.54, 1.807) is 0 Å². The number of quaternary nitrogens is 1. The number of imide groups is 1. The molecule has 2 aliphatic heterocycles. The summed E-state index contributed by atoms with van der Waals surface area (Å²) >= 11 is 0. The van der Waals surface area contributed by atoms with Gasteiger partial charge in [-0.2, -0.15) is 0 Å². The molecule has 0 unspecified atom stereocenters. The molecular weight excluding hydrogens is 338 g/mol. The van der Waals surface area contributed by atoms with Crippen LogP contribution in [-0.2, 0) is 11.2 Å². The van der Waals surface area contributed by atoms with E-state index in [-0.39, 0.29) is 11.9 Å². The van der Waals surface area contributed by atoms with E-state index < -0.39 is 5.54 Å². The Balaban J connectivity index is 1.50. The van der Waals surface area contributed by atoms with E-state index in [1.807, 2.05) is 6.92 Å². The van der Waals surface area contributed by atoms with Crippen LogP contribution in [0.4, 0.5) is 4.79 Å². The van der Waals surface area contributed by atoms with Crippen molar-refractivity contribution in [3.05, 3.63) is 35.9 Å². The number of carbonyl (C=O) groups excluding carboxylic acids is 2. The summed E-state index contributed by atoms with van der Waals surface area (Å²) in [6.07, 6.45) is 5.08. The zero-order valence-electron chi connectivity index (χ0n) is 17.0. The van der Waals surface area contributed by atoms with Crippen LogP contribution >= 0.6 is 0 Å². The number of urea groups is 1. The molecule has 3 amide bonds. The van der Waals surface area contributed by atoms with Crippen molar-refractivity contribution in [1.29, 1.82) is 0 Å². The topological polar surface area (TPSA) is 53.9 Å². The molecule has 27 heavy (non-hydrogen) atoms. The number of nitrogens with zero attached hydrogens (tertiary/aromatic N) is 1. The molecule has 1 atom stereocenters. The molecule has 1 aromatic rings. The highest BCUT2D eigenvalue weighted by atomic mass is 16.2. The van der Waals surface area contributed by atoms with Crippen LogP contribution < -0.4 is 10.2 Å². The van der Waals surface area contributed by atoms with Crippen LogP contribution in [0.3, 0.4) is 0 Å². The predicted molar refractivity (Wildman–Crippen MR) is 106 cm³/mol. The van der Waals surface area contributed by atoms with Crippen molar-refractivity contribution in [3.8, 4) is 0 Å². The first-order valence-corrected chi connectivity index (χ1v) is 10.4. The lowest BCUT2D eigenvalue weighted by molar-refractivity contribution is -0.913. The molecule has 0 aromatic heterocycles. The summed E-state index contributed by atoms with van der Waals surface area (Å²) < 4.78 is 0.